The first-order valence-electron chi connectivity index (χ1n) is 4.77. The molecule has 2 atom stereocenters. The topological polar surface area (TPSA) is 87.1 Å². The summed E-state index contributed by atoms with van der Waals surface area (Å²) < 4.78 is 27.8. The van der Waals surface area contributed by atoms with Crippen molar-refractivity contribution in [2.75, 3.05) is 6.54 Å². The minimum atomic E-state index is -2.88. The molecule has 0 aliphatic heterocycles. The lowest BCUT2D eigenvalue weighted by Crippen LogP contribution is -2.27. The van der Waals surface area contributed by atoms with Crippen molar-refractivity contribution in [3.63, 3.8) is 0 Å². The Labute approximate surface area is 104 Å². The number of hydrogen-bond acceptors (Lipinski definition) is 5. The molecule has 4 N–H and O–H groups in total. The lowest BCUT2D eigenvalue weighted by atomic mass is 10.0. The van der Waals surface area contributed by atoms with Crippen molar-refractivity contribution >= 4 is 12.4 Å². The van der Waals surface area contributed by atoms with Crippen LogP contribution >= 0.6 is 12.4 Å². The molecule has 0 bridgehead atoms. The van der Waals surface area contributed by atoms with Crippen molar-refractivity contribution in [2.24, 2.45) is 17.4 Å². The SMILES string of the molecule is CC(CN)C(N)c1ncc(OC(F)F)cn1.Cl. The molecular weight excluding hydrogens is 254 g/mol. The molecule has 0 radical (unpaired) electrons. The first kappa shape index (κ1) is 16.0. The molecule has 0 fully saturated rings. The second-order valence-corrected chi connectivity index (χ2v) is 3.39. The van der Waals surface area contributed by atoms with Crippen molar-refractivity contribution in [3.8, 4) is 5.75 Å². The van der Waals surface area contributed by atoms with Crippen molar-refractivity contribution < 1.29 is 13.5 Å². The third-order valence-corrected chi connectivity index (χ3v) is 2.16. The zero-order valence-corrected chi connectivity index (χ0v) is 10.0. The third-order valence-electron chi connectivity index (χ3n) is 2.16. The second kappa shape index (κ2) is 7.31. The van der Waals surface area contributed by atoms with E-state index in [1.165, 1.54) is 0 Å². The highest BCUT2D eigenvalue weighted by atomic mass is 35.5. The van der Waals surface area contributed by atoms with E-state index in [1.54, 1.807) is 0 Å². The second-order valence-electron chi connectivity index (χ2n) is 3.39. The van der Waals surface area contributed by atoms with Gasteiger partial charge in [0.05, 0.1) is 18.4 Å². The highest BCUT2D eigenvalue weighted by Gasteiger charge is 2.16. The average molecular weight is 269 g/mol. The molecule has 0 spiro atoms. The van der Waals surface area contributed by atoms with Crippen LogP contribution in [-0.2, 0) is 0 Å². The predicted octanol–water partition coefficient (Wildman–Crippen LogP) is 1.09. The van der Waals surface area contributed by atoms with Crippen LogP contribution in [0.2, 0.25) is 0 Å². The largest absolute Gasteiger partial charge is 0.432 e. The van der Waals surface area contributed by atoms with Gasteiger partial charge in [-0.3, -0.25) is 0 Å². The Hall–Kier alpha value is -1.05. The van der Waals surface area contributed by atoms with Gasteiger partial charge in [-0.05, 0) is 12.5 Å². The van der Waals surface area contributed by atoms with Gasteiger partial charge in [0.15, 0.2) is 5.75 Å². The van der Waals surface area contributed by atoms with E-state index >= 15 is 0 Å². The molecule has 0 amide bonds. The average Bonchev–Trinajstić information content (AvgIpc) is 2.27. The van der Waals surface area contributed by atoms with Gasteiger partial charge in [0.2, 0.25) is 0 Å². The van der Waals surface area contributed by atoms with E-state index in [9.17, 15) is 8.78 Å². The highest BCUT2D eigenvalue weighted by Crippen LogP contribution is 2.16. The van der Waals surface area contributed by atoms with E-state index in [-0.39, 0.29) is 24.1 Å². The highest BCUT2D eigenvalue weighted by molar-refractivity contribution is 5.85. The number of rotatable bonds is 5. The number of ether oxygens (including phenoxy) is 1. The fraction of sp³-hybridized carbons (Fsp3) is 0.556. The molecule has 1 aromatic rings. The molecule has 1 heterocycles. The van der Waals surface area contributed by atoms with Gasteiger partial charge in [-0.1, -0.05) is 6.92 Å². The monoisotopic (exact) mass is 268 g/mol. The van der Waals surface area contributed by atoms with Crippen LogP contribution in [0.25, 0.3) is 0 Å². The molecule has 8 heteroatoms. The summed E-state index contributed by atoms with van der Waals surface area (Å²) in [4.78, 5) is 7.70. The van der Waals surface area contributed by atoms with Gasteiger partial charge in [0.1, 0.15) is 5.82 Å². The summed E-state index contributed by atoms with van der Waals surface area (Å²) in [5.41, 5.74) is 11.3. The predicted molar refractivity (Wildman–Crippen MR) is 61.1 cm³/mol. The minimum Gasteiger partial charge on any atom is -0.432 e. The molecule has 5 nitrogen and oxygen atoms in total. The molecule has 0 aromatic carbocycles. The number of halogens is 3. The van der Waals surface area contributed by atoms with Gasteiger partial charge in [-0.25, -0.2) is 9.97 Å². The summed E-state index contributed by atoms with van der Waals surface area (Å²) in [7, 11) is 0. The number of alkyl halides is 2. The van der Waals surface area contributed by atoms with Crippen molar-refractivity contribution in [1.29, 1.82) is 0 Å². The maximum Gasteiger partial charge on any atom is 0.387 e. The van der Waals surface area contributed by atoms with Crippen molar-refractivity contribution in [1.82, 2.24) is 9.97 Å². The number of hydrogen-bond donors (Lipinski definition) is 2. The Morgan fingerprint density at radius 2 is 1.88 bits per heavy atom. The molecule has 1 rings (SSSR count). The first-order chi connectivity index (χ1) is 7.54. The molecular formula is C9H15ClF2N4O. The van der Waals surface area contributed by atoms with Crippen molar-refractivity contribution in [2.45, 2.75) is 19.6 Å². The van der Waals surface area contributed by atoms with Crippen molar-refractivity contribution in [3.05, 3.63) is 18.2 Å². The maximum absolute atomic E-state index is 11.8. The minimum absolute atomic E-state index is 0. The zero-order chi connectivity index (χ0) is 12.1. The molecule has 1 aromatic heterocycles. The summed E-state index contributed by atoms with van der Waals surface area (Å²) in [6.07, 6.45) is 2.33. The Morgan fingerprint density at radius 3 is 2.29 bits per heavy atom. The van der Waals surface area contributed by atoms with E-state index in [1.807, 2.05) is 6.92 Å². The van der Waals surface area contributed by atoms with Crippen LogP contribution in [0.15, 0.2) is 12.4 Å². The summed E-state index contributed by atoms with van der Waals surface area (Å²) in [6, 6.07) is -0.411. The fourth-order valence-electron chi connectivity index (χ4n) is 1.06. The molecule has 0 aliphatic carbocycles. The van der Waals surface area contributed by atoms with Gasteiger partial charge >= 0.3 is 6.61 Å². The van der Waals surface area contributed by atoms with Gasteiger partial charge < -0.3 is 16.2 Å². The Morgan fingerprint density at radius 1 is 1.35 bits per heavy atom. The number of nitrogens with two attached hydrogens (primary N) is 2. The number of nitrogens with zero attached hydrogens (tertiary/aromatic N) is 2. The zero-order valence-electron chi connectivity index (χ0n) is 9.22. The Bertz CT molecular complexity index is 325. The molecule has 98 valence electrons. The first-order valence-corrected chi connectivity index (χ1v) is 4.77. The molecule has 17 heavy (non-hydrogen) atoms. The normalized spacial score (nSPS) is 14.0. The van der Waals surface area contributed by atoms with Crippen LogP contribution in [0, 0.1) is 5.92 Å². The van der Waals surface area contributed by atoms with Gasteiger partial charge in [-0.15, -0.1) is 12.4 Å². The summed E-state index contributed by atoms with van der Waals surface area (Å²) in [6.45, 7) is -0.622. The Kier molecular flexibility index (Phi) is 6.86. The van der Waals surface area contributed by atoms with Crippen LogP contribution in [0.4, 0.5) is 8.78 Å². The summed E-state index contributed by atoms with van der Waals surface area (Å²) in [5, 5.41) is 0. The lowest BCUT2D eigenvalue weighted by Gasteiger charge is -2.16. The van der Waals surface area contributed by atoms with Crippen LogP contribution in [0.1, 0.15) is 18.8 Å². The van der Waals surface area contributed by atoms with Crippen LogP contribution in [0.5, 0.6) is 5.75 Å². The maximum atomic E-state index is 11.8. The quantitative estimate of drug-likeness (QED) is 0.835. The molecule has 0 aliphatic rings. The smallest absolute Gasteiger partial charge is 0.387 e. The van der Waals surface area contributed by atoms with Gasteiger partial charge in [-0.2, -0.15) is 8.78 Å². The van der Waals surface area contributed by atoms with Crippen LogP contribution in [0.3, 0.4) is 0 Å². The molecule has 0 saturated heterocycles. The van der Waals surface area contributed by atoms with Gasteiger partial charge in [0.25, 0.3) is 0 Å². The van der Waals surface area contributed by atoms with E-state index in [0.717, 1.165) is 12.4 Å². The summed E-state index contributed by atoms with van der Waals surface area (Å²) in [5.74, 6) is 0.285. The molecule has 2 unspecified atom stereocenters. The van der Waals surface area contributed by atoms with E-state index in [4.69, 9.17) is 11.5 Å². The fourth-order valence-corrected chi connectivity index (χ4v) is 1.06. The summed E-state index contributed by atoms with van der Waals surface area (Å²) >= 11 is 0. The van der Waals surface area contributed by atoms with Crippen LogP contribution in [-0.4, -0.2) is 23.1 Å². The lowest BCUT2D eigenvalue weighted by molar-refractivity contribution is -0.0503. The standard InChI is InChI=1S/C9H14F2N4O.ClH/c1-5(2-12)7(13)8-14-3-6(4-15-8)16-9(10)11;/h3-5,7,9H,2,12-13H2,1H3;1H. The third kappa shape index (κ3) is 4.76. The van der Waals surface area contributed by atoms with Crippen LogP contribution < -0.4 is 16.2 Å². The number of aromatic nitrogens is 2. The molecule has 0 saturated carbocycles. The van der Waals surface area contributed by atoms with E-state index in [0.29, 0.717) is 12.4 Å². The Balaban J connectivity index is 0.00000256. The van der Waals surface area contributed by atoms with Gasteiger partial charge in [0, 0.05) is 0 Å². The van der Waals surface area contributed by atoms with E-state index < -0.39 is 12.7 Å². The van der Waals surface area contributed by atoms with E-state index in [2.05, 4.69) is 14.7 Å².